The van der Waals surface area contributed by atoms with Crippen LogP contribution >= 0.6 is 24.2 Å². The number of halogens is 4. The van der Waals surface area contributed by atoms with Crippen molar-refractivity contribution in [2.24, 2.45) is 0 Å². The van der Waals surface area contributed by atoms with E-state index >= 15 is 0 Å². The standard InChI is InChI=1S/C5H6ClN3S.CHF3O3S/c6-5-8-7-4-3(10)1-2-9(4)5;2-1(3,4)8(5,6)7/h3,10H,1-2H2;(H,5,6,7). The van der Waals surface area contributed by atoms with Gasteiger partial charge in [-0.3, -0.25) is 4.55 Å². The maximum absolute atomic E-state index is 10.7. The first kappa shape index (κ1) is 15.5. The van der Waals surface area contributed by atoms with E-state index in [2.05, 4.69) is 22.8 Å². The first-order valence-corrected chi connectivity index (χ1v) is 6.68. The fourth-order valence-corrected chi connectivity index (χ4v) is 1.64. The van der Waals surface area contributed by atoms with Gasteiger partial charge >= 0.3 is 15.6 Å². The quantitative estimate of drug-likeness (QED) is 0.431. The highest BCUT2D eigenvalue weighted by Gasteiger charge is 2.44. The Bertz CT molecular complexity index is 530. The zero-order chi connectivity index (χ0) is 14.1. The molecular weight excluding hydrogens is 319 g/mol. The molecular formula is C6H7ClF3N3O3S2. The van der Waals surface area contributed by atoms with Gasteiger partial charge in [0.25, 0.3) is 0 Å². The summed E-state index contributed by atoms with van der Waals surface area (Å²) in [5.74, 6) is 0.897. The van der Waals surface area contributed by atoms with Crippen LogP contribution in [0.15, 0.2) is 0 Å². The smallest absolute Gasteiger partial charge is 0.301 e. The van der Waals surface area contributed by atoms with Crippen molar-refractivity contribution < 1.29 is 26.1 Å². The van der Waals surface area contributed by atoms with Crippen LogP contribution in [0.2, 0.25) is 5.28 Å². The van der Waals surface area contributed by atoms with Crippen LogP contribution in [0.1, 0.15) is 17.5 Å². The largest absolute Gasteiger partial charge is 0.522 e. The van der Waals surface area contributed by atoms with Crippen LogP contribution in [-0.4, -0.2) is 33.2 Å². The maximum Gasteiger partial charge on any atom is 0.522 e. The Morgan fingerprint density at radius 1 is 1.44 bits per heavy atom. The van der Waals surface area contributed by atoms with E-state index in [1.54, 1.807) is 0 Å². The summed E-state index contributed by atoms with van der Waals surface area (Å²) >= 11 is 10.0. The Labute approximate surface area is 110 Å². The van der Waals surface area contributed by atoms with Crippen LogP contribution < -0.4 is 0 Å². The molecule has 0 aromatic carbocycles. The Balaban J connectivity index is 0.000000187. The summed E-state index contributed by atoms with van der Waals surface area (Å²) in [5, 5.41) is 8.30. The third-order valence-corrected chi connectivity index (χ3v) is 3.30. The summed E-state index contributed by atoms with van der Waals surface area (Å²) in [6, 6.07) is 0. The lowest BCUT2D eigenvalue weighted by Crippen LogP contribution is -2.21. The number of hydrogen-bond acceptors (Lipinski definition) is 5. The first-order chi connectivity index (χ1) is 8.04. The molecule has 2 rings (SSSR count). The molecule has 0 spiro atoms. The zero-order valence-electron chi connectivity index (χ0n) is 8.46. The number of alkyl halides is 3. The second-order valence-corrected chi connectivity index (χ2v) is 5.58. The van der Waals surface area contributed by atoms with Gasteiger partial charge in [0, 0.05) is 6.54 Å². The minimum absolute atomic E-state index is 0.222. The van der Waals surface area contributed by atoms with Crippen molar-refractivity contribution in [3.63, 3.8) is 0 Å². The molecule has 1 aromatic rings. The molecule has 1 aliphatic rings. The number of hydrogen-bond donors (Lipinski definition) is 2. The molecule has 104 valence electrons. The van der Waals surface area contributed by atoms with Gasteiger partial charge in [-0.05, 0) is 18.0 Å². The highest BCUT2D eigenvalue weighted by molar-refractivity contribution is 7.86. The molecule has 1 unspecified atom stereocenters. The second-order valence-electron chi connectivity index (χ2n) is 3.20. The Morgan fingerprint density at radius 3 is 2.33 bits per heavy atom. The van der Waals surface area contributed by atoms with Crippen molar-refractivity contribution >= 4 is 34.3 Å². The highest BCUT2D eigenvalue weighted by atomic mass is 35.5. The molecule has 12 heteroatoms. The Kier molecular flexibility index (Phi) is 4.51. The first-order valence-electron chi connectivity index (χ1n) is 4.34. The van der Waals surface area contributed by atoms with Gasteiger partial charge in [0.1, 0.15) is 5.82 Å². The van der Waals surface area contributed by atoms with Crippen molar-refractivity contribution in [3.8, 4) is 0 Å². The van der Waals surface area contributed by atoms with Gasteiger partial charge < -0.3 is 4.57 Å². The minimum Gasteiger partial charge on any atom is -0.301 e. The van der Waals surface area contributed by atoms with E-state index in [1.807, 2.05) is 4.57 Å². The fourth-order valence-electron chi connectivity index (χ4n) is 1.13. The molecule has 0 aliphatic carbocycles. The molecule has 1 aromatic heterocycles. The molecule has 6 nitrogen and oxygen atoms in total. The highest BCUT2D eigenvalue weighted by Crippen LogP contribution is 2.31. The average Bonchev–Trinajstić information content (AvgIpc) is 2.70. The molecule has 1 atom stereocenters. The lowest BCUT2D eigenvalue weighted by atomic mass is 10.3. The maximum atomic E-state index is 10.7. The van der Waals surface area contributed by atoms with Crippen LogP contribution in [0.25, 0.3) is 0 Å². The van der Waals surface area contributed by atoms with Gasteiger partial charge in [0.05, 0.1) is 5.25 Å². The topological polar surface area (TPSA) is 85.1 Å². The molecule has 0 amide bonds. The number of fused-ring (bicyclic) bond motifs is 1. The van der Waals surface area contributed by atoms with Gasteiger partial charge in [-0.25, -0.2) is 0 Å². The summed E-state index contributed by atoms with van der Waals surface area (Å²) in [6.07, 6.45) is 1.01. The van der Waals surface area contributed by atoms with E-state index in [9.17, 15) is 13.2 Å². The monoisotopic (exact) mass is 325 g/mol. The molecule has 0 bridgehead atoms. The van der Waals surface area contributed by atoms with Crippen LogP contribution in [-0.2, 0) is 16.7 Å². The zero-order valence-corrected chi connectivity index (χ0v) is 10.9. The third kappa shape index (κ3) is 3.49. The number of rotatable bonds is 0. The molecule has 0 radical (unpaired) electrons. The minimum atomic E-state index is -5.84. The van der Waals surface area contributed by atoms with Gasteiger partial charge in [0.15, 0.2) is 0 Å². The van der Waals surface area contributed by atoms with E-state index < -0.39 is 15.6 Å². The van der Waals surface area contributed by atoms with Crippen LogP contribution in [0, 0.1) is 0 Å². The molecule has 1 aliphatic heterocycles. The Morgan fingerprint density at radius 2 is 1.94 bits per heavy atom. The number of nitrogens with zero attached hydrogens (tertiary/aromatic N) is 3. The third-order valence-electron chi connectivity index (χ3n) is 1.95. The van der Waals surface area contributed by atoms with Gasteiger partial charge in [-0.1, -0.05) is 0 Å². The predicted molar refractivity (Wildman–Crippen MR) is 59.0 cm³/mol. The van der Waals surface area contributed by atoms with E-state index in [0.717, 1.165) is 18.8 Å². The van der Waals surface area contributed by atoms with E-state index in [0.29, 0.717) is 5.28 Å². The molecule has 0 saturated heterocycles. The summed E-state index contributed by atoms with van der Waals surface area (Å²) < 4.78 is 59.4. The summed E-state index contributed by atoms with van der Waals surface area (Å²) in [5.41, 5.74) is -5.53. The lowest BCUT2D eigenvalue weighted by molar-refractivity contribution is -0.0510. The summed E-state index contributed by atoms with van der Waals surface area (Å²) in [4.78, 5) is 0. The van der Waals surface area contributed by atoms with Crippen molar-refractivity contribution in [1.29, 1.82) is 0 Å². The van der Waals surface area contributed by atoms with Crippen molar-refractivity contribution in [2.75, 3.05) is 0 Å². The van der Waals surface area contributed by atoms with Crippen molar-refractivity contribution in [1.82, 2.24) is 14.8 Å². The molecule has 0 saturated carbocycles. The van der Waals surface area contributed by atoms with Gasteiger partial charge in [-0.2, -0.15) is 34.2 Å². The predicted octanol–water partition coefficient (Wildman–Crippen LogP) is 1.70. The van der Waals surface area contributed by atoms with Crippen molar-refractivity contribution in [3.05, 3.63) is 11.1 Å². The Hall–Kier alpha value is -0.520. The SMILES string of the molecule is O=S(=O)(O)C(F)(F)F.SC1CCn2c(Cl)nnc21. The molecule has 18 heavy (non-hydrogen) atoms. The number of aromatic nitrogens is 3. The summed E-state index contributed by atoms with van der Waals surface area (Å²) in [6.45, 7) is 0.898. The average molecular weight is 326 g/mol. The molecule has 0 fully saturated rings. The molecule has 1 N–H and O–H groups in total. The van der Waals surface area contributed by atoms with E-state index in [4.69, 9.17) is 24.6 Å². The van der Waals surface area contributed by atoms with Gasteiger partial charge in [0.2, 0.25) is 5.28 Å². The van der Waals surface area contributed by atoms with Crippen LogP contribution in [0.3, 0.4) is 0 Å². The van der Waals surface area contributed by atoms with Crippen LogP contribution in [0.5, 0.6) is 0 Å². The van der Waals surface area contributed by atoms with E-state index in [1.165, 1.54) is 0 Å². The summed E-state index contributed by atoms with van der Waals surface area (Å²) in [7, 11) is -5.84. The lowest BCUT2D eigenvalue weighted by Gasteiger charge is -1.97. The normalized spacial score (nSPS) is 19.1. The second kappa shape index (κ2) is 5.23. The van der Waals surface area contributed by atoms with Gasteiger partial charge in [-0.15, -0.1) is 10.2 Å². The fraction of sp³-hybridized carbons (Fsp3) is 0.667. The number of thiol groups is 1. The molecule has 2 heterocycles. The van der Waals surface area contributed by atoms with E-state index in [-0.39, 0.29) is 5.25 Å². The van der Waals surface area contributed by atoms with Crippen LogP contribution in [0.4, 0.5) is 13.2 Å². The van der Waals surface area contributed by atoms with Crippen molar-refractivity contribution in [2.45, 2.75) is 23.7 Å².